The molecule has 2 amide bonds. The van der Waals surface area contributed by atoms with Crippen LogP contribution in [0.25, 0.3) is 0 Å². The first kappa shape index (κ1) is 26.6. The van der Waals surface area contributed by atoms with Crippen molar-refractivity contribution in [3.63, 3.8) is 0 Å². The number of amides is 2. The summed E-state index contributed by atoms with van der Waals surface area (Å²) < 4.78 is 86.9. The number of carbonyl (C=O) groups is 2. The summed E-state index contributed by atoms with van der Waals surface area (Å²) in [7, 11) is 1.21. The number of aryl methyl sites for hydroxylation is 1. The first-order valence-corrected chi connectivity index (χ1v) is 11.2. The van der Waals surface area contributed by atoms with E-state index in [1.165, 1.54) is 25.2 Å². The third kappa shape index (κ3) is 5.31. The number of rotatable bonds is 4. The molecule has 0 saturated carbocycles. The normalized spacial score (nSPS) is 18.1. The van der Waals surface area contributed by atoms with Crippen molar-refractivity contribution in [2.75, 3.05) is 7.05 Å². The maximum Gasteiger partial charge on any atom is 0.416 e. The van der Waals surface area contributed by atoms with Crippen LogP contribution in [0.15, 0.2) is 52.9 Å². The van der Waals surface area contributed by atoms with Gasteiger partial charge in [0, 0.05) is 17.6 Å². The standard InChI is InChI=1S/C25H19ClF6N2O3/c1-12-3-5-17(37-12)11-33-22(35)20-18-6-4-16(26)10-19(18)23(36)34(2)21(20)13-7-14(24(27,28)29)9-15(8-13)25(30,31)32/h3-10,20-21H,11H2,1-2H3,(H,33,35). The molecule has 0 saturated heterocycles. The highest BCUT2D eigenvalue weighted by Gasteiger charge is 2.45. The van der Waals surface area contributed by atoms with Crippen molar-refractivity contribution in [3.05, 3.63) is 92.9 Å². The fourth-order valence-corrected chi connectivity index (χ4v) is 4.58. The lowest BCUT2D eigenvalue weighted by Crippen LogP contribution is -2.45. The van der Waals surface area contributed by atoms with Crippen LogP contribution < -0.4 is 5.32 Å². The lowest BCUT2D eigenvalue weighted by atomic mass is 9.78. The number of fused-ring (bicyclic) bond motifs is 1. The molecular weight excluding hydrogens is 526 g/mol. The Morgan fingerprint density at radius 3 is 2.16 bits per heavy atom. The molecule has 0 aliphatic carbocycles. The predicted molar refractivity (Wildman–Crippen MR) is 121 cm³/mol. The van der Waals surface area contributed by atoms with E-state index in [4.69, 9.17) is 16.0 Å². The van der Waals surface area contributed by atoms with Gasteiger partial charge in [-0.2, -0.15) is 26.3 Å². The molecule has 12 heteroatoms. The highest BCUT2D eigenvalue weighted by molar-refractivity contribution is 6.31. The molecule has 0 radical (unpaired) electrons. The first-order valence-electron chi connectivity index (χ1n) is 10.9. The Morgan fingerprint density at radius 1 is 1.00 bits per heavy atom. The minimum Gasteiger partial charge on any atom is -0.465 e. The fourth-order valence-electron chi connectivity index (χ4n) is 4.41. The number of halogens is 7. The molecule has 1 aliphatic heterocycles. The number of nitrogens with zero attached hydrogens (tertiary/aromatic N) is 1. The number of hydrogen-bond donors (Lipinski definition) is 1. The topological polar surface area (TPSA) is 62.6 Å². The van der Waals surface area contributed by atoms with Crippen molar-refractivity contribution in [2.24, 2.45) is 0 Å². The van der Waals surface area contributed by atoms with Crippen LogP contribution in [0.2, 0.25) is 5.02 Å². The third-order valence-corrected chi connectivity index (χ3v) is 6.34. The maximum absolute atomic E-state index is 13.6. The molecule has 1 aliphatic rings. The molecule has 4 rings (SSSR count). The zero-order valence-corrected chi connectivity index (χ0v) is 20.1. The van der Waals surface area contributed by atoms with E-state index in [-0.39, 0.29) is 28.8 Å². The van der Waals surface area contributed by atoms with Gasteiger partial charge in [0.15, 0.2) is 0 Å². The Morgan fingerprint density at radius 2 is 1.62 bits per heavy atom. The van der Waals surface area contributed by atoms with E-state index in [0.717, 1.165) is 4.90 Å². The molecule has 0 fully saturated rings. The van der Waals surface area contributed by atoms with Gasteiger partial charge in [-0.25, -0.2) is 0 Å². The molecule has 2 aromatic carbocycles. The van der Waals surface area contributed by atoms with Crippen LogP contribution >= 0.6 is 11.6 Å². The van der Waals surface area contributed by atoms with E-state index >= 15 is 0 Å². The monoisotopic (exact) mass is 544 g/mol. The molecule has 1 N–H and O–H groups in total. The van der Waals surface area contributed by atoms with Crippen LogP contribution in [0.4, 0.5) is 26.3 Å². The lowest BCUT2D eigenvalue weighted by Gasteiger charge is -2.40. The molecule has 196 valence electrons. The Balaban J connectivity index is 1.87. The van der Waals surface area contributed by atoms with E-state index in [1.54, 1.807) is 19.1 Å². The summed E-state index contributed by atoms with van der Waals surface area (Å²) in [5.74, 6) is -1.83. The van der Waals surface area contributed by atoms with E-state index in [2.05, 4.69) is 5.32 Å². The number of hydrogen-bond acceptors (Lipinski definition) is 3. The van der Waals surface area contributed by atoms with Gasteiger partial charge in [-0.1, -0.05) is 17.7 Å². The van der Waals surface area contributed by atoms with Gasteiger partial charge < -0.3 is 14.6 Å². The Hall–Kier alpha value is -3.47. The number of benzene rings is 2. The van der Waals surface area contributed by atoms with E-state index in [9.17, 15) is 35.9 Å². The second-order valence-corrected chi connectivity index (χ2v) is 9.08. The molecular formula is C25H19ClF6N2O3. The van der Waals surface area contributed by atoms with Crippen LogP contribution in [0.1, 0.15) is 56.1 Å². The highest BCUT2D eigenvalue weighted by atomic mass is 35.5. The minimum absolute atomic E-state index is 0.00378. The Bertz CT molecular complexity index is 1330. The van der Waals surface area contributed by atoms with E-state index in [1.807, 2.05) is 0 Å². The van der Waals surface area contributed by atoms with Crippen molar-refractivity contribution in [1.82, 2.24) is 10.2 Å². The van der Waals surface area contributed by atoms with Crippen molar-refractivity contribution in [1.29, 1.82) is 0 Å². The quantitative estimate of drug-likeness (QED) is 0.381. The summed E-state index contributed by atoms with van der Waals surface area (Å²) in [6.07, 6.45) is -10.2. The molecule has 2 atom stereocenters. The van der Waals surface area contributed by atoms with Crippen LogP contribution in [0, 0.1) is 6.92 Å². The molecule has 2 heterocycles. The molecule has 0 spiro atoms. The van der Waals surface area contributed by atoms with Gasteiger partial charge in [-0.15, -0.1) is 0 Å². The van der Waals surface area contributed by atoms with Gasteiger partial charge in [0.05, 0.1) is 29.6 Å². The van der Waals surface area contributed by atoms with Gasteiger partial charge in [-0.3, -0.25) is 9.59 Å². The summed E-state index contributed by atoms with van der Waals surface area (Å²) in [5.41, 5.74) is -3.46. The number of likely N-dealkylation sites (N-methyl/N-ethyl adjacent to an activating group) is 1. The molecule has 37 heavy (non-hydrogen) atoms. The van der Waals surface area contributed by atoms with Gasteiger partial charge >= 0.3 is 12.4 Å². The number of furan rings is 1. The van der Waals surface area contributed by atoms with Crippen LogP contribution in [0.5, 0.6) is 0 Å². The highest BCUT2D eigenvalue weighted by Crippen LogP contribution is 2.45. The zero-order valence-electron chi connectivity index (χ0n) is 19.3. The Kier molecular flexibility index (Phi) is 6.78. The van der Waals surface area contributed by atoms with Crippen molar-refractivity contribution >= 4 is 23.4 Å². The lowest BCUT2D eigenvalue weighted by molar-refractivity contribution is -0.143. The summed E-state index contributed by atoms with van der Waals surface area (Å²) in [6, 6.07) is 6.90. The van der Waals surface area contributed by atoms with Gasteiger partial charge in [0.25, 0.3) is 5.91 Å². The second-order valence-electron chi connectivity index (χ2n) is 8.64. The summed E-state index contributed by atoms with van der Waals surface area (Å²) in [4.78, 5) is 27.6. The summed E-state index contributed by atoms with van der Waals surface area (Å²) in [6.45, 7) is 1.60. The predicted octanol–water partition coefficient (Wildman–Crippen LogP) is 6.51. The van der Waals surface area contributed by atoms with E-state index in [0.29, 0.717) is 23.7 Å². The van der Waals surface area contributed by atoms with Crippen molar-refractivity contribution in [2.45, 2.75) is 37.8 Å². The van der Waals surface area contributed by atoms with Crippen molar-refractivity contribution < 1.29 is 40.3 Å². The third-order valence-electron chi connectivity index (χ3n) is 6.10. The Labute approximate surface area is 212 Å². The molecule has 1 aromatic heterocycles. The number of alkyl halides is 6. The fraction of sp³-hybridized carbons (Fsp3) is 0.280. The van der Waals surface area contributed by atoms with Crippen LogP contribution in [0.3, 0.4) is 0 Å². The summed E-state index contributed by atoms with van der Waals surface area (Å²) >= 11 is 6.02. The molecule has 2 unspecified atom stereocenters. The largest absolute Gasteiger partial charge is 0.465 e. The van der Waals surface area contributed by atoms with Gasteiger partial charge in [0.2, 0.25) is 5.91 Å². The summed E-state index contributed by atoms with van der Waals surface area (Å²) in [5, 5.41) is 2.78. The SMILES string of the molecule is Cc1ccc(CNC(=O)C2c3ccc(Cl)cc3C(=O)N(C)C2c2cc(C(F)(F)F)cc(C(F)(F)F)c2)o1. The average molecular weight is 545 g/mol. The average Bonchev–Trinajstić information content (AvgIpc) is 3.23. The van der Waals surface area contributed by atoms with Crippen molar-refractivity contribution in [3.8, 4) is 0 Å². The van der Waals surface area contributed by atoms with Crippen LogP contribution in [-0.4, -0.2) is 23.8 Å². The molecule has 0 bridgehead atoms. The smallest absolute Gasteiger partial charge is 0.416 e. The van der Waals surface area contributed by atoms with E-state index < -0.39 is 52.8 Å². The second kappa shape index (κ2) is 9.44. The first-order chi connectivity index (χ1) is 17.2. The zero-order chi connectivity index (χ0) is 27.3. The molecule has 3 aromatic rings. The van der Waals surface area contributed by atoms with Gasteiger partial charge in [0.1, 0.15) is 11.5 Å². The van der Waals surface area contributed by atoms with Gasteiger partial charge in [-0.05, 0) is 60.5 Å². The molecule has 5 nitrogen and oxygen atoms in total. The minimum atomic E-state index is -5.10. The van der Waals surface area contributed by atoms with Crippen LogP contribution in [-0.2, 0) is 23.7 Å². The maximum atomic E-state index is 13.6. The number of carbonyl (C=O) groups excluding carboxylic acids is 2. The number of nitrogens with one attached hydrogen (secondary N) is 1.